The van der Waals surface area contributed by atoms with Gasteiger partial charge in [0.05, 0.1) is 35.4 Å². The zero-order chi connectivity index (χ0) is 22.8. The molecule has 164 valence electrons. The van der Waals surface area contributed by atoms with Crippen LogP contribution < -0.4 is 10.1 Å². The molecule has 0 radical (unpaired) electrons. The fraction of sp³-hybridized carbons (Fsp3) is 0.238. The Balaban J connectivity index is 1.85. The van der Waals surface area contributed by atoms with E-state index in [1.54, 1.807) is 0 Å². The van der Waals surface area contributed by atoms with Crippen molar-refractivity contribution in [2.45, 2.75) is 17.6 Å². The van der Waals surface area contributed by atoms with E-state index in [1.807, 2.05) is 0 Å². The monoisotopic (exact) mass is 454 g/mol. The Morgan fingerprint density at radius 1 is 1.13 bits per heavy atom. The van der Waals surface area contributed by atoms with Crippen LogP contribution in [0.2, 0.25) is 0 Å². The van der Waals surface area contributed by atoms with Gasteiger partial charge in [0.1, 0.15) is 18.1 Å². The molecule has 3 rings (SSSR count). The van der Waals surface area contributed by atoms with Gasteiger partial charge >= 0.3 is 6.18 Å². The fourth-order valence-electron chi connectivity index (χ4n) is 3.00. The molecule has 0 fully saturated rings. The minimum atomic E-state index is -4.50. The van der Waals surface area contributed by atoms with Crippen molar-refractivity contribution in [1.29, 1.82) is 0 Å². The van der Waals surface area contributed by atoms with Crippen LogP contribution >= 0.6 is 0 Å². The van der Waals surface area contributed by atoms with E-state index >= 15 is 0 Å². The number of rotatable bonds is 5. The number of alkyl halides is 3. The minimum Gasteiger partial charge on any atom is -0.495 e. The van der Waals surface area contributed by atoms with Gasteiger partial charge in [-0.3, -0.25) is 0 Å². The lowest BCUT2D eigenvalue weighted by Gasteiger charge is -2.11. The molecule has 0 amide bonds. The molecule has 1 aromatic heterocycles. The first-order valence-electron chi connectivity index (χ1n) is 8.94. The molecule has 3 aromatic rings. The van der Waals surface area contributed by atoms with Gasteiger partial charge in [-0.2, -0.15) is 13.2 Å². The normalized spacial score (nSPS) is 11.8. The van der Waals surface area contributed by atoms with Crippen LogP contribution in [0.5, 0.6) is 5.75 Å². The molecule has 0 atom stereocenters. The molecule has 1 N–H and O–H groups in total. The Labute approximate surface area is 176 Å². The Morgan fingerprint density at radius 2 is 1.87 bits per heavy atom. The highest BCUT2D eigenvalue weighted by atomic mass is 32.2. The van der Waals surface area contributed by atoms with Crippen LogP contribution in [0.4, 0.5) is 23.2 Å². The van der Waals surface area contributed by atoms with Gasteiger partial charge < -0.3 is 14.6 Å². The number of sulfone groups is 1. The van der Waals surface area contributed by atoms with Crippen molar-refractivity contribution in [3.8, 4) is 17.6 Å². The summed E-state index contributed by atoms with van der Waals surface area (Å²) >= 11 is 0. The van der Waals surface area contributed by atoms with Crippen LogP contribution in [0.3, 0.4) is 0 Å². The summed E-state index contributed by atoms with van der Waals surface area (Å²) in [5.74, 6) is 5.06. The Bertz CT molecular complexity index is 1290. The van der Waals surface area contributed by atoms with Crippen LogP contribution in [-0.4, -0.2) is 39.1 Å². The molecule has 5 nitrogen and oxygen atoms in total. The molecule has 0 aliphatic rings. The van der Waals surface area contributed by atoms with Gasteiger partial charge in [-0.05, 0) is 42.3 Å². The first kappa shape index (κ1) is 22.5. The maximum Gasteiger partial charge on any atom is 0.406 e. The highest BCUT2D eigenvalue weighted by Gasteiger charge is 2.29. The summed E-state index contributed by atoms with van der Waals surface area (Å²) in [4.78, 5) is 0.0879. The Morgan fingerprint density at radius 3 is 2.52 bits per heavy atom. The molecular formula is C21H18F4N2O3S. The number of fused-ring (bicyclic) bond motifs is 1. The number of methoxy groups -OCH3 is 1. The van der Waals surface area contributed by atoms with Gasteiger partial charge in [0.2, 0.25) is 0 Å². The summed E-state index contributed by atoms with van der Waals surface area (Å²) in [6.45, 7) is -1.24. The van der Waals surface area contributed by atoms with E-state index in [4.69, 9.17) is 4.74 Å². The van der Waals surface area contributed by atoms with Gasteiger partial charge in [0.15, 0.2) is 9.84 Å². The van der Waals surface area contributed by atoms with Crippen LogP contribution in [0, 0.1) is 17.7 Å². The second-order valence-electron chi connectivity index (χ2n) is 6.72. The molecule has 0 bridgehead atoms. The van der Waals surface area contributed by atoms with E-state index in [0.29, 0.717) is 11.1 Å². The third-order valence-electron chi connectivity index (χ3n) is 4.39. The molecule has 2 aromatic carbocycles. The predicted octanol–water partition coefficient (Wildman–Crippen LogP) is 4.22. The average Bonchev–Trinajstić information content (AvgIpc) is 2.99. The summed E-state index contributed by atoms with van der Waals surface area (Å²) in [6.07, 6.45) is -3.42. The van der Waals surface area contributed by atoms with Crippen molar-refractivity contribution >= 4 is 26.4 Å². The smallest absolute Gasteiger partial charge is 0.406 e. The molecule has 0 spiro atoms. The largest absolute Gasteiger partial charge is 0.495 e. The maximum absolute atomic E-state index is 13.5. The SMILES string of the molecule is COc1cc(S(C)(=O)=O)ccc1NCC#Cc1cc2ccc(F)cc2n1CC(F)(F)F. The highest BCUT2D eigenvalue weighted by molar-refractivity contribution is 7.90. The summed E-state index contributed by atoms with van der Waals surface area (Å²) in [6, 6.07) is 9.36. The zero-order valence-electron chi connectivity index (χ0n) is 16.5. The van der Waals surface area contributed by atoms with E-state index in [0.717, 1.165) is 16.9 Å². The quantitative estimate of drug-likeness (QED) is 0.463. The Kier molecular flexibility index (Phi) is 6.18. The molecule has 0 saturated heterocycles. The lowest BCUT2D eigenvalue weighted by atomic mass is 10.2. The van der Waals surface area contributed by atoms with E-state index in [1.165, 1.54) is 43.5 Å². The van der Waals surface area contributed by atoms with E-state index in [2.05, 4.69) is 17.2 Å². The second-order valence-corrected chi connectivity index (χ2v) is 8.74. The topological polar surface area (TPSA) is 60.3 Å². The number of nitrogens with zero attached hydrogens (tertiary/aromatic N) is 1. The number of halogens is 4. The Hall–Kier alpha value is -3.19. The lowest BCUT2D eigenvalue weighted by Crippen LogP contribution is -2.18. The van der Waals surface area contributed by atoms with Crippen molar-refractivity contribution in [3.05, 3.63) is 54.0 Å². The number of ether oxygens (including phenoxy) is 1. The minimum absolute atomic E-state index is 0.0521. The average molecular weight is 454 g/mol. The summed E-state index contributed by atoms with van der Waals surface area (Å²) in [7, 11) is -2.02. The van der Waals surface area contributed by atoms with Crippen LogP contribution in [0.15, 0.2) is 47.4 Å². The third-order valence-corrected chi connectivity index (χ3v) is 5.50. The predicted molar refractivity (Wildman–Crippen MR) is 109 cm³/mol. The van der Waals surface area contributed by atoms with E-state index < -0.39 is 28.4 Å². The highest BCUT2D eigenvalue weighted by Crippen LogP contribution is 2.28. The number of nitrogens with one attached hydrogen (secondary N) is 1. The molecule has 31 heavy (non-hydrogen) atoms. The molecular weight excluding hydrogens is 436 g/mol. The zero-order valence-corrected chi connectivity index (χ0v) is 17.4. The first-order valence-corrected chi connectivity index (χ1v) is 10.8. The third kappa shape index (κ3) is 5.49. The van der Waals surface area contributed by atoms with Gasteiger partial charge in [-0.25, -0.2) is 12.8 Å². The fourth-order valence-corrected chi connectivity index (χ4v) is 3.64. The molecule has 0 aliphatic carbocycles. The van der Waals surface area contributed by atoms with Crippen LogP contribution in [-0.2, 0) is 16.4 Å². The van der Waals surface area contributed by atoms with Crippen molar-refractivity contribution in [2.24, 2.45) is 0 Å². The molecule has 10 heteroatoms. The van der Waals surface area contributed by atoms with Crippen molar-refractivity contribution in [1.82, 2.24) is 4.57 Å². The standard InChI is InChI=1S/C21H18F4N2O3S/c1-30-20-12-17(31(2,28)29)7-8-18(20)26-9-3-4-16-10-14-5-6-15(22)11-19(14)27(16)13-21(23,24)25/h5-8,10-12,26H,9,13H2,1-2H3. The first-order chi connectivity index (χ1) is 14.5. The summed E-state index contributed by atoms with van der Waals surface area (Å²) in [5.41, 5.74) is 0.675. The summed E-state index contributed by atoms with van der Waals surface area (Å²) < 4.78 is 82.0. The van der Waals surface area contributed by atoms with Crippen LogP contribution in [0.25, 0.3) is 10.9 Å². The van der Waals surface area contributed by atoms with Gasteiger partial charge in [0, 0.05) is 17.7 Å². The molecule has 0 unspecified atom stereocenters. The van der Waals surface area contributed by atoms with Crippen molar-refractivity contribution < 1.29 is 30.7 Å². The maximum atomic E-state index is 13.5. The number of anilines is 1. The van der Waals surface area contributed by atoms with Gasteiger partial charge in [-0.1, -0.05) is 5.92 Å². The van der Waals surface area contributed by atoms with Gasteiger partial charge in [0.25, 0.3) is 0 Å². The summed E-state index contributed by atoms with van der Waals surface area (Å²) in [5, 5.41) is 3.38. The van der Waals surface area contributed by atoms with Crippen molar-refractivity contribution in [3.63, 3.8) is 0 Å². The molecule has 0 aliphatic heterocycles. The van der Waals surface area contributed by atoms with Gasteiger partial charge in [-0.15, -0.1) is 0 Å². The van der Waals surface area contributed by atoms with E-state index in [9.17, 15) is 26.0 Å². The number of benzene rings is 2. The van der Waals surface area contributed by atoms with Crippen molar-refractivity contribution in [2.75, 3.05) is 25.2 Å². The number of hydrogen-bond acceptors (Lipinski definition) is 4. The number of aromatic nitrogens is 1. The second kappa shape index (κ2) is 8.51. The van der Waals surface area contributed by atoms with E-state index in [-0.39, 0.29) is 28.4 Å². The molecule has 0 saturated carbocycles. The lowest BCUT2D eigenvalue weighted by molar-refractivity contribution is -0.140. The van der Waals surface area contributed by atoms with Crippen LogP contribution in [0.1, 0.15) is 5.69 Å². The molecule has 1 heterocycles. The number of hydrogen-bond donors (Lipinski definition) is 1.